The first-order valence-corrected chi connectivity index (χ1v) is 13.6. The van der Waals surface area contributed by atoms with Crippen molar-refractivity contribution in [1.29, 1.82) is 0 Å². The number of hydrogen-bond donors (Lipinski definition) is 0. The SMILES string of the molecule is Cc1cc(C)c2c(C)cc(-c3cccc4c3C(C)(C)c3c-4sc4ccc(CC(C)C)cc34)nc2c1. The molecular weight excluding hydrogens is 442 g/mol. The van der Waals surface area contributed by atoms with Crippen molar-refractivity contribution >= 4 is 32.3 Å². The van der Waals surface area contributed by atoms with Gasteiger partial charge in [-0.05, 0) is 102 Å². The Morgan fingerprint density at radius 1 is 0.857 bits per heavy atom. The van der Waals surface area contributed by atoms with Crippen LogP contribution in [-0.4, -0.2) is 4.98 Å². The van der Waals surface area contributed by atoms with Gasteiger partial charge < -0.3 is 0 Å². The van der Waals surface area contributed by atoms with Crippen LogP contribution in [0.2, 0.25) is 0 Å². The standard InChI is InChI=1S/C33H33NS/c1-18(2)13-22-11-12-28-25(17-22)31-32(35-28)24-10-8-9-23(30(24)33(31,6)7)26-16-21(5)29-20(4)14-19(3)15-27(29)34-26/h8-12,14-18H,13H2,1-7H3. The first-order chi connectivity index (χ1) is 16.6. The topological polar surface area (TPSA) is 12.9 Å². The van der Waals surface area contributed by atoms with Crippen LogP contribution in [0.5, 0.6) is 0 Å². The molecule has 6 rings (SSSR count). The second-order valence-electron chi connectivity index (χ2n) is 11.4. The summed E-state index contributed by atoms with van der Waals surface area (Å²) in [6.07, 6.45) is 1.12. The van der Waals surface area contributed by atoms with Gasteiger partial charge >= 0.3 is 0 Å². The minimum Gasteiger partial charge on any atom is -0.248 e. The molecule has 0 aliphatic heterocycles. The normalized spacial score (nSPS) is 14.2. The molecule has 0 fully saturated rings. The van der Waals surface area contributed by atoms with E-state index >= 15 is 0 Å². The molecule has 0 amide bonds. The number of rotatable bonds is 3. The molecule has 0 saturated heterocycles. The lowest BCUT2D eigenvalue weighted by Gasteiger charge is -2.25. The van der Waals surface area contributed by atoms with Gasteiger partial charge in [-0.3, -0.25) is 0 Å². The zero-order chi connectivity index (χ0) is 24.6. The van der Waals surface area contributed by atoms with E-state index in [2.05, 4.69) is 103 Å². The Labute approximate surface area is 212 Å². The van der Waals surface area contributed by atoms with Crippen molar-refractivity contribution in [3.05, 3.63) is 88.0 Å². The Bertz CT molecular complexity index is 1650. The van der Waals surface area contributed by atoms with E-state index in [4.69, 9.17) is 4.98 Å². The summed E-state index contributed by atoms with van der Waals surface area (Å²) in [5, 5.41) is 2.72. The van der Waals surface area contributed by atoms with Crippen molar-refractivity contribution in [2.75, 3.05) is 0 Å². The van der Waals surface area contributed by atoms with Crippen LogP contribution in [0.25, 0.3) is 42.7 Å². The molecule has 1 nitrogen and oxygen atoms in total. The van der Waals surface area contributed by atoms with Crippen LogP contribution >= 0.6 is 11.3 Å². The fourth-order valence-corrected chi connectivity index (χ4v) is 7.80. The number of nitrogens with zero attached hydrogens (tertiary/aromatic N) is 1. The molecule has 5 aromatic rings. The maximum absolute atomic E-state index is 5.23. The van der Waals surface area contributed by atoms with Gasteiger partial charge in [-0.25, -0.2) is 4.98 Å². The van der Waals surface area contributed by atoms with E-state index in [1.165, 1.54) is 64.9 Å². The van der Waals surface area contributed by atoms with Gasteiger partial charge in [-0.1, -0.05) is 58.0 Å². The second kappa shape index (κ2) is 7.77. The Morgan fingerprint density at radius 3 is 2.37 bits per heavy atom. The van der Waals surface area contributed by atoms with E-state index in [1.807, 2.05) is 11.3 Å². The van der Waals surface area contributed by atoms with Crippen LogP contribution in [0, 0.1) is 26.7 Å². The molecule has 1 aliphatic rings. The predicted molar refractivity (Wildman–Crippen MR) is 153 cm³/mol. The van der Waals surface area contributed by atoms with Gasteiger partial charge in [0.2, 0.25) is 0 Å². The average Bonchev–Trinajstić information content (AvgIpc) is 3.26. The smallest absolute Gasteiger partial charge is 0.0717 e. The van der Waals surface area contributed by atoms with Gasteiger partial charge in [0.05, 0.1) is 11.2 Å². The minimum atomic E-state index is -0.0803. The van der Waals surface area contributed by atoms with E-state index in [-0.39, 0.29) is 5.41 Å². The van der Waals surface area contributed by atoms with Crippen LogP contribution in [0.4, 0.5) is 0 Å². The van der Waals surface area contributed by atoms with Crippen LogP contribution in [-0.2, 0) is 11.8 Å². The molecular formula is C33H33NS. The van der Waals surface area contributed by atoms with Gasteiger partial charge in [-0.2, -0.15) is 0 Å². The van der Waals surface area contributed by atoms with Gasteiger partial charge in [0, 0.05) is 25.9 Å². The second-order valence-corrected chi connectivity index (χ2v) is 12.4. The van der Waals surface area contributed by atoms with Gasteiger partial charge in [-0.15, -0.1) is 11.3 Å². The van der Waals surface area contributed by atoms with Crippen molar-refractivity contribution in [2.24, 2.45) is 5.92 Å². The number of aromatic nitrogens is 1. The van der Waals surface area contributed by atoms with Crippen molar-refractivity contribution in [1.82, 2.24) is 4.98 Å². The van der Waals surface area contributed by atoms with Crippen LogP contribution in [0.3, 0.4) is 0 Å². The number of hydrogen-bond acceptors (Lipinski definition) is 2. The summed E-state index contributed by atoms with van der Waals surface area (Å²) in [5.74, 6) is 0.658. The summed E-state index contributed by atoms with van der Waals surface area (Å²) < 4.78 is 1.40. The highest BCUT2D eigenvalue weighted by Gasteiger charge is 2.40. The molecule has 176 valence electrons. The molecule has 1 aliphatic carbocycles. The molecule has 0 bridgehead atoms. The maximum Gasteiger partial charge on any atom is 0.0717 e. The molecule has 3 aromatic carbocycles. The number of thiophene rings is 1. The summed E-state index contributed by atoms with van der Waals surface area (Å²) in [5.41, 5.74) is 13.0. The summed E-state index contributed by atoms with van der Waals surface area (Å²) in [6, 6.07) is 20.7. The largest absolute Gasteiger partial charge is 0.248 e. The number of benzene rings is 3. The fourth-order valence-electron chi connectivity index (χ4n) is 6.43. The quantitative estimate of drug-likeness (QED) is 0.253. The maximum atomic E-state index is 5.23. The molecule has 2 heteroatoms. The summed E-state index contributed by atoms with van der Waals surface area (Å²) >= 11 is 1.95. The van der Waals surface area contributed by atoms with Gasteiger partial charge in [0.1, 0.15) is 0 Å². The Morgan fingerprint density at radius 2 is 1.60 bits per heavy atom. The molecule has 2 aromatic heterocycles. The zero-order valence-corrected chi connectivity index (χ0v) is 22.7. The van der Waals surface area contributed by atoms with Crippen LogP contribution < -0.4 is 0 Å². The average molecular weight is 476 g/mol. The lowest BCUT2D eigenvalue weighted by molar-refractivity contribution is 0.647. The summed E-state index contributed by atoms with van der Waals surface area (Å²) in [6.45, 7) is 16.0. The fraction of sp³-hybridized carbons (Fsp3) is 0.303. The third kappa shape index (κ3) is 3.37. The van der Waals surface area contributed by atoms with E-state index in [9.17, 15) is 0 Å². The number of pyridine rings is 1. The highest BCUT2D eigenvalue weighted by Crippen LogP contribution is 2.57. The van der Waals surface area contributed by atoms with Crippen molar-refractivity contribution in [3.8, 4) is 21.7 Å². The Balaban J connectivity index is 1.58. The van der Waals surface area contributed by atoms with Crippen molar-refractivity contribution in [2.45, 2.75) is 60.3 Å². The number of fused-ring (bicyclic) bond motifs is 6. The van der Waals surface area contributed by atoms with Gasteiger partial charge in [0.25, 0.3) is 0 Å². The van der Waals surface area contributed by atoms with Crippen LogP contribution in [0.15, 0.2) is 54.6 Å². The summed E-state index contributed by atoms with van der Waals surface area (Å²) in [4.78, 5) is 6.67. The third-order valence-electron chi connectivity index (χ3n) is 7.68. The highest BCUT2D eigenvalue weighted by molar-refractivity contribution is 7.22. The molecule has 0 N–H and O–H groups in total. The first kappa shape index (κ1) is 22.5. The van der Waals surface area contributed by atoms with Crippen LogP contribution in [0.1, 0.15) is 61.1 Å². The molecule has 0 radical (unpaired) electrons. The van der Waals surface area contributed by atoms with E-state index in [0.29, 0.717) is 5.92 Å². The Kier molecular flexibility index (Phi) is 4.99. The zero-order valence-electron chi connectivity index (χ0n) is 21.8. The monoisotopic (exact) mass is 475 g/mol. The number of aryl methyl sites for hydroxylation is 3. The molecule has 2 heterocycles. The molecule has 0 unspecified atom stereocenters. The molecule has 0 saturated carbocycles. The van der Waals surface area contributed by atoms with Gasteiger partial charge in [0.15, 0.2) is 0 Å². The van der Waals surface area contributed by atoms with E-state index < -0.39 is 0 Å². The predicted octanol–water partition coefficient (Wildman–Crippen LogP) is 9.55. The summed E-state index contributed by atoms with van der Waals surface area (Å²) in [7, 11) is 0. The Hall–Kier alpha value is -2.97. The molecule has 35 heavy (non-hydrogen) atoms. The van der Waals surface area contributed by atoms with Crippen molar-refractivity contribution in [3.63, 3.8) is 0 Å². The third-order valence-corrected chi connectivity index (χ3v) is 8.88. The van der Waals surface area contributed by atoms with E-state index in [1.54, 1.807) is 0 Å². The highest BCUT2D eigenvalue weighted by atomic mass is 32.1. The van der Waals surface area contributed by atoms with E-state index in [0.717, 1.165) is 17.6 Å². The lowest BCUT2D eigenvalue weighted by Crippen LogP contribution is -2.16. The van der Waals surface area contributed by atoms with Crippen molar-refractivity contribution < 1.29 is 0 Å². The first-order valence-electron chi connectivity index (χ1n) is 12.7. The molecule has 0 spiro atoms. The molecule has 0 atom stereocenters. The lowest BCUT2D eigenvalue weighted by atomic mass is 9.78. The minimum absolute atomic E-state index is 0.0803.